The molecule has 5 heterocycles. The first kappa shape index (κ1) is 80.0. The Kier molecular flexibility index (Phi) is 18.8. The van der Waals surface area contributed by atoms with Crippen molar-refractivity contribution in [3.63, 3.8) is 0 Å². The van der Waals surface area contributed by atoms with E-state index in [1.54, 1.807) is 0 Å². The van der Waals surface area contributed by atoms with Gasteiger partial charge in [0.2, 0.25) is 0 Å². The summed E-state index contributed by atoms with van der Waals surface area (Å²) in [4.78, 5) is 5.59. The SMILES string of the molecule is CC(C)(C)c1ccc2c(c1)c1cc(C(C)(C)C)ccc1n2-c1cc2c(cc1-c1ccccc1)N(c1c(-c3ccccc3)cccc1-c1cccc(-c3ccccc3)c1)c1cc3c(sc4ccccc43)c3c1B2c1cc(-n2c4ccc(C(C)(C)C)cc4c4cc(C(C)(C)C)ccc42)c(-c2ccccc2)cc1N3c1c(-c2ccccc2)cccc1-c1cccc(-c2ccccc2)c1. The second-order valence-electron chi connectivity index (χ2n) is 40.0. The van der Waals surface area contributed by atoms with Crippen molar-refractivity contribution < 1.29 is 0 Å². The monoisotopic (exact) mass is 1690 g/mol. The number of benzene rings is 18. The summed E-state index contributed by atoms with van der Waals surface area (Å²) in [6.07, 6.45) is 0. The Morgan fingerprint density at radius 3 is 0.892 bits per heavy atom. The number of hydrogen-bond donors (Lipinski definition) is 0. The molecular formula is C124H101BN4S. The number of nitrogens with zero attached hydrogens (tertiary/aromatic N) is 4. The van der Waals surface area contributed by atoms with Gasteiger partial charge in [-0.05, 0) is 213 Å². The third-order valence-corrected chi connectivity index (χ3v) is 28.9. The maximum absolute atomic E-state index is 2.81. The lowest BCUT2D eigenvalue weighted by Crippen LogP contribution is -2.61. The molecule has 130 heavy (non-hydrogen) atoms. The number of fused-ring (bicyclic) bond motifs is 14. The van der Waals surface area contributed by atoms with Crippen molar-refractivity contribution in [1.29, 1.82) is 0 Å². The van der Waals surface area contributed by atoms with E-state index in [9.17, 15) is 0 Å². The Hall–Kier alpha value is -14.6. The van der Waals surface area contributed by atoms with Gasteiger partial charge in [0.05, 0.1) is 55.2 Å². The third-order valence-electron chi connectivity index (χ3n) is 27.7. The van der Waals surface area contributed by atoms with Crippen molar-refractivity contribution in [3.8, 4) is 100 Å². The van der Waals surface area contributed by atoms with Crippen molar-refractivity contribution in [1.82, 2.24) is 9.13 Å². The molecule has 23 rings (SSSR count). The first-order valence-corrected chi connectivity index (χ1v) is 46.8. The van der Waals surface area contributed by atoms with Crippen LogP contribution >= 0.6 is 11.3 Å². The molecule has 2 aliphatic heterocycles. The molecule has 0 amide bonds. The van der Waals surface area contributed by atoms with E-state index in [4.69, 9.17) is 0 Å². The van der Waals surface area contributed by atoms with E-state index >= 15 is 0 Å². The zero-order valence-corrected chi connectivity index (χ0v) is 76.6. The van der Waals surface area contributed by atoms with Crippen molar-refractivity contribution in [3.05, 3.63) is 417 Å². The molecule has 0 spiro atoms. The smallest absolute Gasteiger partial charge is 0.252 e. The third kappa shape index (κ3) is 13.3. The molecule has 21 aromatic rings. The minimum atomic E-state index is -0.465. The van der Waals surface area contributed by atoms with E-state index in [2.05, 4.69) is 496 Å². The molecule has 3 aromatic heterocycles. The summed E-state index contributed by atoms with van der Waals surface area (Å²) in [5.74, 6) is 0. The maximum Gasteiger partial charge on any atom is 0.252 e. The fourth-order valence-electron chi connectivity index (χ4n) is 21.0. The van der Waals surface area contributed by atoms with Crippen LogP contribution in [0.25, 0.3) is 164 Å². The summed E-state index contributed by atoms with van der Waals surface area (Å²) in [5, 5.41) is 7.34. The summed E-state index contributed by atoms with van der Waals surface area (Å²) in [5.41, 5.74) is 39.7. The normalized spacial score (nSPS) is 12.9. The summed E-state index contributed by atoms with van der Waals surface area (Å²) in [6, 6.07) is 152. The van der Waals surface area contributed by atoms with Gasteiger partial charge in [-0.15, -0.1) is 11.3 Å². The van der Waals surface area contributed by atoms with Gasteiger partial charge >= 0.3 is 0 Å². The Labute approximate surface area is 767 Å². The number of anilines is 6. The van der Waals surface area contributed by atoms with Crippen LogP contribution in [0.1, 0.15) is 105 Å². The van der Waals surface area contributed by atoms with Crippen molar-refractivity contribution in [2.75, 3.05) is 9.80 Å². The van der Waals surface area contributed by atoms with E-state index < -0.39 is 6.71 Å². The lowest BCUT2D eigenvalue weighted by molar-refractivity contribution is 0.590. The average Bonchev–Trinajstić information content (AvgIpc) is 1.14. The Morgan fingerprint density at radius 1 is 0.208 bits per heavy atom. The maximum atomic E-state index is 2.81. The minimum Gasteiger partial charge on any atom is -0.310 e. The van der Waals surface area contributed by atoms with Gasteiger partial charge in [-0.3, -0.25) is 0 Å². The highest BCUT2D eigenvalue weighted by atomic mass is 32.1. The molecule has 626 valence electrons. The zero-order valence-electron chi connectivity index (χ0n) is 75.8. The number of hydrogen-bond acceptors (Lipinski definition) is 3. The first-order valence-electron chi connectivity index (χ1n) is 46.0. The van der Waals surface area contributed by atoms with Crippen LogP contribution in [-0.4, -0.2) is 15.8 Å². The molecule has 2 aliphatic rings. The van der Waals surface area contributed by atoms with Crippen molar-refractivity contribution in [2.45, 2.75) is 105 Å². The molecule has 0 radical (unpaired) electrons. The highest BCUT2D eigenvalue weighted by Gasteiger charge is 2.48. The molecule has 0 saturated heterocycles. The van der Waals surface area contributed by atoms with Crippen LogP contribution < -0.4 is 26.2 Å². The second-order valence-corrected chi connectivity index (χ2v) is 41.0. The number of para-hydroxylation sites is 2. The largest absolute Gasteiger partial charge is 0.310 e. The topological polar surface area (TPSA) is 16.3 Å². The van der Waals surface area contributed by atoms with Gasteiger partial charge < -0.3 is 18.9 Å². The van der Waals surface area contributed by atoms with E-state index in [-0.39, 0.29) is 21.7 Å². The van der Waals surface area contributed by atoms with Crippen molar-refractivity contribution >= 4 is 132 Å². The summed E-state index contributed by atoms with van der Waals surface area (Å²) in [7, 11) is 0. The summed E-state index contributed by atoms with van der Waals surface area (Å²) < 4.78 is 7.74. The van der Waals surface area contributed by atoms with E-state index in [1.807, 2.05) is 11.3 Å². The molecule has 0 atom stereocenters. The molecule has 4 nitrogen and oxygen atoms in total. The average molecular weight is 1690 g/mol. The van der Waals surface area contributed by atoms with E-state index in [0.29, 0.717) is 0 Å². The summed E-state index contributed by atoms with van der Waals surface area (Å²) >= 11 is 1.93. The van der Waals surface area contributed by atoms with Crippen molar-refractivity contribution in [2.24, 2.45) is 0 Å². The van der Waals surface area contributed by atoms with Crippen LogP contribution in [0.15, 0.2) is 394 Å². The highest BCUT2D eigenvalue weighted by Crippen LogP contribution is 2.59. The summed E-state index contributed by atoms with van der Waals surface area (Å²) in [6.45, 7) is 27.8. The highest BCUT2D eigenvalue weighted by molar-refractivity contribution is 7.26. The molecule has 0 fully saturated rings. The molecule has 6 heteroatoms. The fraction of sp³-hybridized carbons (Fsp3) is 0.129. The van der Waals surface area contributed by atoms with Crippen LogP contribution in [0, 0.1) is 0 Å². The minimum absolute atomic E-state index is 0.128. The number of thiophene rings is 1. The Bertz CT molecular complexity index is 7810. The lowest BCUT2D eigenvalue weighted by Gasteiger charge is -2.46. The van der Waals surface area contributed by atoms with Gasteiger partial charge in [0.25, 0.3) is 6.71 Å². The van der Waals surface area contributed by atoms with E-state index in [0.717, 1.165) is 157 Å². The predicted octanol–water partition coefficient (Wildman–Crippen LogP) is 32.9. The molecular weight excluding hydrogens is 1590 g/mol. The number of rotatable bonds is 12. The van der Waals surface area contributed by atoms with Gasteiger partial charge in [-0.2, -0.15) is 0 Å². The first-order chi connectivity index (χ1) is 63.0. The molecule has 0 unspecified atom stereocenters. The van der Waals surface area contributed by atoms with Gasteiger partial charge in [-0.25, -0.2) is 0 Å². The van der Waals surface area contributed by atoms with Gasteiger partial charge in [0, 0.05) is 87.5 Å². The molecule has 0 bridgehead atoms. The lowest BCUT2D eigenvalue weighted by atomic mass is 9.33. The predicted molar refractivity (Wildman–Crippen MR) is 560 cm³/mol. The van der Waals surface area contributed by atoms with Crippen LogP contribution in [0.2, 0.25) is 0 Å². The number of aromatic nitrogens is 2. The second kappa shape index (κ2) is 30.6. The Balaban J connectivity index is 0.956. The fourth-order valence-corrected chi connectivity index (χ4v) is 22.2. The molecule has 0 saturated carbocycles. The quantitative estimate of drug-likeness (QED) is 0.113. The van der Waals surface area contributed by atoms with Crippen LogP contribution in [-0.2, 0) is 21.7 Å². The van der Waals surface area contributed by atoms with Crippen LogP contribution in [0.4, 0.5) is 34.1 Å². The van der Waals surface area contributed by atoms with Gasteiger partial charge in [-0.1, -0.05) is 380 Å². The molecule has 0 N–H and O–H groups in total. The van der Waals surface area contributed by atoms with Crippen LogP contribution in [0.5, 0.6) is 0 Å². The zero-order chi connectivity index (χ0) is 88.4. The van der Waals surface area contributed by atoms with Gasteiger partial charge in [0.15, 0.2) is 0 Å². The Morgan fingerprint density at radius 2 is 0.515 bits per heavy atom. The molecule has 18 aromatic carbocycles. The standard InChI is InChI=1S/C124H101BN4S/c1-121(2,3)88-59-63-106-99(69-88)100-70-89(122(4,5)6)60-64-107(100)126(106)110-76-104-112(73-97(110)82-45-27-17-28-46-82)128(117-92(80-41-23-15-24-42-80)54-35-56-94(117)86-51-33-49-84(67-86)78-37-19-13-20-38-78)114-75-103-96-53-31-32-58-115(96)130-120(103)119-116(114)125(104)105-77-111(127-108-65-61-90(123(7,8)9)71-101(108)102-72-91(124(10,11)12)62-66-109(102)127)98(83-47-29-18-30-48-83)74-113(105)129(119)118-93(81-43-25-16-26-44-81)55-36-57-95(118)87-52-34-50-85(68-87)79-39-21-14-22-40-79/h13-77H,1-12H3. The van der Waals surface area contributed by atoms with Crippen LogP contribution in [0.3, 0.4) is 0 Å². The molecule has 0 aliphatic carbocycles. The van der Waals surface area contributed by atoms with E-state index in [1.165, 1.54) is 80.4 Å². The van der Waals surface area contributed by atoms with Gasteiger partial charge in [0.1, 0.15) is 0 Å².